The van der Waals surface area contributed by atoms with Crippen molar-refractivity contribution in [3.8, 4) is 0 Å². The summed E-state index contributed by atoms with van der Waals surface area (Å²) in [5, 5.41) is 14.9. The van der Waals surface area contributed by atoms with Crippen molar-refractivity contribution < 1.29 is 0 Å². The minimum Gasteiger partial charge on any atom is -0.338 e. The molecule has 0 bridgehead atoms. The molecule has 2 aromatic carbocycles. The molecule has 0 saturated carbocycles. The number of nitrogens with one attached hydrogen (secondary N) is 2. The zero-order valence-corrected chi connectivity index (χ0v) is 12.8. The highest BCUT2D eigenvalue weighted by Gasteiger charge is 2.06. The molecule has 2 N–H and O–H groups in total. The lowest BCUT2D eigenvalue weighted by molar-refractivity contribution is 0.982. The molecule has 0 fully saturated rings. The van der Waals surface area contributed by atoms with E-state index < -0.39 is 0 Å². The molecule has 0 spiro atoms. The predicted octanol–water partition coefficient (Wildman–Crippen LogP) is 4.67. The van der Waals surface area contributed by atoms with E-state index >= 15 is 0 Å². The van der Waals surface area contributed by atoms with Crippen molar-refractivity contribution in [1.82, 2.24) is 15.2 Å². The summed E-state index contributed by atoms with van der Waals surface area (Å²) in [7, 11) is 0. The van der Waals surface area contributed by atoms with Crippen molar-refractivity contribution in [3.63, 3.8) is 0 Å². The van der Waals surface area contributed by atoms with Gasteiger partial charge < -0.3 is 10.6 Å². The van der Waals surface area contributed by atoms with Crippen LogP contribution in [0.4, 0.5) is 23.1 Å². The van der Waals surface area contributed by atoms with E-state index in [1.54, 1.807) is 18.2 Å². The topological polar surface area (TPSA) is 62.7 Å². The fraction of sp³-hybridized carbons (Fsp3) is 0. The maximum atomic E-state index is 6.14. The summed E-state index contributed by atoms with van der Waals surface area (Å²) in [6, 6.07) is 14.9. The van der Waals surface area contributed by atoms with Crippen molar-refractivity contribution >= 4 is 46.3 Å². The van der Waals surface area contributed by atoms with Gasteiger partial charge in [-0.05, 0) is 24.3 Å². The molecule has 0 aliphatic heterocycles. The maximum absolute atomic E-state index is 6.14. The van der Waals surface area contributed by atoms with Crippen LogP contribution in [0.5, 0.6) is 0 Å². The third-order valence-electron chi connectivity index (χ3n) is 2.80. The van der Waals surface area contributed by atoms with Crippen LogP contribution in [0, 0.1) is 0 Å². The first-order valence-electron chi connectivity index (χ1n) is 6.45. The quantitative estimate of drug-likeness (QED) is 0.727. The van der Waals surface area contributed by atoms with Crippen LogP contribution in [-0.4, -0.2) is 15.2 Å². The van der Waals surface area contributed by atoms with Crippen molar-refractivity contribution in [2.24, 2.45) is 0 Å². The van der Waals surface area contributed by atoms with Gasteiger partial charge in [0, 0.05) is 5.69 Å². The molecule has 0 aliphatic rings. The summed E-state index contributed by atoms with van der Waals surface area (Å²) < 4.78 is 0. The summed E-state index contributed by atoms with van der Waals surface area (Å²) in [5.74, 6) is 0.895. The molecule has 1 aromatic heterocycles. The van der Waals surface area contributed by atoms with E-state index in [1.807, 2.05) is 30.3 Å². The van der Waals surface area contributed by atoms with Gasteiger partial charge in [-0.3, -0.25) is 0 Å². The Morgan fingerprint density at radius 3 is 2.50 bits per heavy atom. The fourth-order valence-corrected chi connectivity index (χ4v) is 2.15. The Morgan fingerprint density at radius 1 is 0.864 bits per heavy atom. The molecular weight excluding hydrogens is 321 g/mol. The predicted molar refractivity (Wildman–Crippen MR) is 89.3 cm³/mol. The summed E-state index contributed by atoms with van der Waals surface area (Å²) >= 11 is 12.1. The normalized spacial score (nSPS) is 10.3. The highest BCUT2D eigenvalue weighted by atomic mass is 35.5. The molecule has 3 aromatic rings. The molecule has 0 unspecified atom stereocenters. The van der Waals surface area contributed by atoms with Crippen LogP contribution in [-0.2, 0) is 0 Å². The zero-order valence-electron chi connectivity index (χ0n) is 11.3. The Bertz CT molecular complexity index is 780. The number of benzene rings is 2. The second-order valence-electron chi connectivity index (χ2n) is 4.38. The van der Waals surface area contributed by atoms with Crippen LogP contribution in [0.2, 0.25) is 10.0 Å². The highest BCUT2D eigenvalue weighted by molar-refractivity contribution is 6.43. The van der Waals surface area contributed by atoms with E-state index in [2.05, 4.69) is 25.8 Å². The fourth-order valence-electron chi connectivity index (χ4n) is 1.81. The Labute approximate surface area is 137 Å². The third kappa shape index (κ3) is 3.44. The minimum absolute atomic E-state index is 0.384. The standard InChI is InChI=1S/C15H11Cl2N5/c16-11-7-4-8-12(14(11)17)20-13-9-18-22-15(21-13)19-10-5-2-1-3-6-10/h1-9H,(H2,19,20,21,22). The van der Waals surface area contributed by atoms with Gasteiger partial charge in [-0.2, -0.15) is 10.1 Å². The number of aromatic nitrogens is 3. The van der Waals surface area contributed by atoms with Gasteiger partial charge in [-0.15, -0.1) is 5.10 Å². The number of hydrogen-bond donors (Lipinski definition) is 2. The van der Waals surface area contributed by atoms with Crippen molar-refractivity contribution in [1.29, 1.82) is 0 Å². The van der Waals surface area contributed by atoms with Crippen LogP contribution in [0.25, 0.3) is 0 Å². The smallest absolute Gasteiger partial charge is 0.249 e. The van der Waals surface area contributed by atoms with Gasteiger partial charge in [0.2, 0.25) is 5.95 Å². The van der Waals surface area contributed by atoms with E-state index in [0.29, 0.717) is 27.5 Å². The Hall–Kier alpha value is -2.37. The van der Waals surface area contributed by atoms with Crippen molar-refractivity contribution in [3.05, 3.63) is 64.8 Å². The average Bonchev–Trinajstić information content (AvgIpc) is 2.53. The monoisotopic (exact) mass is 331 g/mol. The molecule has 1 heterocycles. The van der Waals surface area contributed by atoms with Gasteiger partial charge >= 0.3 is 0 Å². The molecule has 0 amide bonds. The second-order valence-corrected chi connectivity index (χ2v) is 5.17. The molecule has 0 atom stereocenters. The van der Waals surface area contributed by atoms with E-state index in [-0.39, 0.29) is 0 Å². The maximum Gasteiger partial charge on any atom is 0.249 e. The molecule has 7 heteroatoms. The van der Waals surface area contributed by atoms with E-state index in [0.717, 1.165) is 5.69 Å². The lowest BCUT2D eigenvalue weighted by Gasteiger charge is -2.09. The van der Waals surface area contributed by atoms with Crippen LogP contribution in [0.1, 0.15) is 0 Å². The van der Waals surface area contributed by atoms with Crippen molar-refractivity contribution in [2.75, 3.05) is 10.6 Å². The average molecular weight is 332 g/mol. The molecule has 22 heavy (non-hydrogen) atoms. The summed E-state index contributed by atoms with van der Waals surface area (Å²) in [4.78, 5) is 4.34. The molecule has 0 saturated heterocycles. The number of hydrogen-bond acceptors (Lipinski definition) is 5. The molecule has 5 nitrogen and oxygen atoms in total. The van der Waals surface area contributed by atoms with Gasteiger partial charge in [0.15, 0.2) is 5.82 Å². The number of para-hydroxylation sites is 1. The first-order valence-corrected chi connectivity index (χ1v) is 7.21. The number of halogens is 2. The summed E-state index contributed by atoms with van der Waals surface area (Å²) in [6.07, 6.45) is 1.51. The lowest BCUT2D eigenvalue weighted by Crippen LogP contribution is -2.02. The SMILES string of the molecule is Clc1cccc(Nc2cnnc(Nc3ccccc3)n2)c1Cl. The highest BCUT2D eigenvalue weighted by Crippen LogP contribution is 2.31. The number of rotatable bonds is 4. The molecule has 3 rings (SSSR count). The molecule has 0 radical (unpaired) electrons. The zero-order chi connectivity index (χ0) is 15.4. The van der Waals surface area contributed by atoms with Gasteiger partial charge in [0.1, 0.15) is 0 Å². The summed E-state index contributed by atoms with van der Waals surface area (Å²) in [6.45, 7) is 0. The van der Waals surface area contributed by atoms with Crippen LogP contribution in [0.15, 0.2) is 54.7 Å². The molecular formula is C15H11Cl2N5. The van der Waals surface area contributed by atoms with Gasteiger partial charge in [-0.25, -0.2) is 0 Å². The lowest BCUT2D eigenvalue weighted by atomic mass is 10.3. The van der Waals surface area contributed by atoms with Crippen molar-refractivity contribution in [2.45, 2.75) is 0 Å². The third-order valence-corrected chi connectivity index (χ3v) is 3.62. The van der Waals surface area contributed by atoms with Crippen LogP contribution < -0.4 is 10.6 Å². The second kappa shape index (κ2) is 6.60. The van der Waals surface area contributed by atoms with Gasteiger partial charge in [0.05, 0.1) is 21.9 Å². The number of nitrogens with zero attached hydrogens (tertiary/aromatic N) is 3. The van der Waals surface area contributed by atoms with Crippen LogP contribution in [0.3, 0.4) is 0 Å². The van der Waals surface area contributed by atoms with E-state index in [4.69, 9.17) is 23.2 Å². The first-order chi connectivity index (χ1) is 10.7. The first kappa shape index (κ1) is 14.6. The minimum atomic E-state index is 0.384. The Balaban J connectivity index is 1.81. The Kier molecular flexibility index (Phi) is 4.37. The van der Waals surface area contributed by atoms with Gasteiger partial charge in [0.25, 0.3) is 0 Å². The molecule has 110 valence electrons. The summed E-state index contributed by atoms with van der Waals surface area (Å²) in [5.41, 5.74) is 1.53. The van der Waals surface area contributed by atoms with E-state index in [1.165, 1.54) is 6.20 Å². The largest absolute Gasteiger partial charge is 0.338 e. The number of anilines is 4. The molecule has 0 aliphatic carbocycles. The van der Waals surface area contributed by atoms with Crippen LogP contribution >= 0.6 is 23.2 Å². The van der Waals surface area contributed by atoms with E-state index in [9.17, 15) is 0 Å². The Morgan fingerprint density at radius 2 is 1.68 bits per heavy atom. The van der Waals surface area contributed by atoms with Gasteiger partial charge in [-0.1, -0.05) is 47.5 Å².